The van der Waals surface area contributed by atoms with E-state index in [2.05, 4.69) is 4.72 Å². The molecule has 0 amide bonds. The number of halogens is 2. The number of hydrogen-bond acceptors (Lipinski definition) is 4. The number of hydrogen-bond donors (Lipinski definition) is 1. The molecule has 0 spiro atoms. The topological polar surface area (TPSA) is 64.6 Å². The fourth-order valence-corrected chi connectivity index (χ4v) is 4.05. The second-order valence-electron chi connectivity index (χ2n) is 4.94. The average Bonchev–Trinajstić information content (AvgIpc) is 2.50. The van der Waals surface area contributed by atoms with Crippen molar-refractivity contribution in [1.82, 2.24) is 0 Å². The Balaban J connectivity index is 1.99. The van der Waals surface area contributed by atoms with Crippen molar-refractivity contribution in [2.24, 2.45) is 0 Å². The van der Waals surface area contributed by atoms with Crippen molar-refractivity contribution >= 4 is 38.9 Å². The van der Waals surface area contributed by atoms with Crippen LogP contribution in [0.25, 0.3) is 0 Å². The maximum atomic E-state index is 12.6. The molecule has 0 unspecified atom stereocenters. The largest absolute Gasteiger partial charge is 0.486 e. The minimum absolute atomic E-state index is 0.0935. The Labute approximate surface area is 144 Å². The lowest BCUT2D eigenvalue weighted by Crippen LogP contribution is -2.17. The van der Waals surface area contributed by atoms with Crippen molar-refractivity contribution in [3.8, 4) is 11.5 Å². The van der Waals surface area contributed by atoms with Gasteiger partial charge in [-0.3, -0.25) is 4.72 Å². The molecule has 1 heterocycles. The van der Waals surface area contributed by atoms with Gasteiger partial charge in [0.1, 0.15) is 13.2 Å². The van der Waals surface area contributed by atoms with Crippen LogP contribution in [0.15, 0.2) is 35.2 Å². The fourth-order valence-electron chi connectivity index (χ4n) is 2.22. The lowest BCUT2D eigenvalue weighted by atomic mass is 10.2. The first-order valence-corrected chi connectivity index (χ1v) is 8.99. The highest BCUT2D eigenvalue weighted by atomic mass is 35.5. The number of nitrogens with one attached hydrogen (secondary N) is 1. The first-order valence-electron chi connectivity index (χ1n) is 6.75. The second-order valence-corrected chi connectivity index (χ2v) is 7.41. The molecule has 0 saturated heterocycles. The van der Waals surface area contributed by atoms with Gasteiger partial charge in [0, 0.05) is 17.2 Å². The van der Waals surface area contributed by atoms with E-state index < -0.39 is 10.0 Å². The Kier molecular flexibility index (Phi) is 4.31. The zero-order valence-corrected chi connectivity index (χ0v) is 14.4. The molecule has 0 fully saturated rings. The van der Waals surface area contributed by atoms with Gasteiger partial charge >= 0.3 is 0 Å². The van der Waals surface area contributed by atoms with Gasteiger partial charge in [0.25, 0.3) is 10.0 Å². The lowest BCUT2D eigenvalue weighted by molar-refractivity contribution is 0.171. The van der Waals surface area contributed by atoms with Gasteiger partial charge < -0.3 is 9.47 Å². The second kappa shape index (κ2) is 6.11. The Hall–Kier alpha value is -1.63. The van der Waals surface area contributed by atoms with E-state index in [0.29, 0.717) is 35.3 Å². The predicted molar refractivity (Wildman–Crippen MR) is 89.4 cm³/mol. The molecule has 0 aromatic heterocycles. The maximum absolute atomic E-state index is 12.6. The molecule has 0 aliphatic carbocycles. The number of fused-ring (bicyclic) bond motifs is 1. The summed E-state index contributed by atoms with van der Waals surface area (Å²) in [5.41, 5.74) is 0.686. The number of anilines is 1. The van der Waals surface area contributed by atoms with E-state index in [1.807, 2.05) is 0 Å². The molecule has 2 aromatic rings. The van der Waals surface area contributed by atoms with Crippen molar-refractivity contribution in [1.29, 1.82) is 0 Å². The van der Waals surface area contributed by atoms with E-state index in [-0.39, 0.29) is 15.6 Å². The predicted octanol–water partition coefficient (Wildman–Crippen LogP) is 3.87. The third kappa shape index (κ3) is 3.20. The van der Waals surface area contributed by atoms with Crippen LogP contribution in [0.1, 0.15) is 5.56 Å². The SMILES string of the molecule is Cc1c(Cl)cccc1S(=O)(=O)Nc1cc2c(cc1Cl)OCCO2. The molecule has 5 nitrogen and oxygen atoms in total. The summed E-state index contributed by atoms with van der Waals surface area (Å²) in [6.07, 6.45) is 0. The van der Waals surface area contributed by atoms with E-state index in [4.69, 9.17) is 32.7 Å². The van der Waals surface area contributed by atoms with Gasteiger partial charge in [0.05, 0.1) is 15.6 Å². The molecule has 23 heavy (non-hydrogen) atoms. The zero-order valence-electron chi connectivity index (χ0n) is 12.1. The fraction of sp³-hybridized carbons (Fsp3) is 0.200. The number of benzene rings is 2. The molecular weight excluding hydrogens is 361 g/mol. The summed E-state index contributed by atoms with van der Waals surface area (Å²) >= 11 is 12.1. The summed E-state index contributed by atoms with van der Waals surface area (Å²) in [5, 5.41) is 0.596. The van der Waals surface area contributed by atoms with E-state index in [0.717, 1.165) is 0 Å². The molecule has 0 radical (unpaired) electrons. The van der Waals surface area contributed by atoms with Crippen molar-refractivity contribution in [3.05, 3.63) is 45.9 Å². The molecule has 3 rings (SSSR count). The molecule has 1 aliphatic heterocycles. The average molecular weight is 374 g/mol. The Morgan fingerprint density at radius 3 is 2.39 bits per heavy atom. The van der Waals surface area contributed by atoms with Crippen molar-refractivity contribution in [2.45, 2.75) is 11.8 Å². The minimum atomic E-state index is -3.83. The quantitative estimate of drug-likeness (QED) is 0.886. The van der Waals surface area contributed by atoms with Crippen LogP contribution >= 0.6 is 23.2 Å². The maximum Gasteiger partial charge on any atom is 0.262 e. The summed E-state index contributed by atoms with van der Waals surface area (Å²) < 4.78 is 38.5. The molecule has 1 aliphatic rings. The monoisotopic (exact) mass is 373 g/mol. The molecule has 2 aromatic carbocycles. The minimum Gasteiger partial charge on any atom is -0.486 e. The lowest BCUT2D eigenvalue weighted by Gasteiger charge is -2.20. The van der Waals surface area contributed by atoms with Crippen LogP contribution < -0.4 is 14.2 Å². The van der Waals surface area contributed by atoms with Gasteiger partial charge in [-0.1, -0.05) is 29.3 Å². The van der Waals surface area contributed by atoms with Crippen LogP contribution in [0.3, 0.4) is 0 Å². The molecule has 0 bridgehead atoms. The van der Waals surface area contributed by atoms with E-state index >= 15 is 0 Å². The van der Waals surface area contributed by atoms with Gasteiger partial charge in [-0.05, 0) is 24.6 Å². The third-order valence-electron chi connectivity index (χ3n) is 3.38. The van der Waals surface area contributed by atoms with Gasteiger partial charge in [-0.25, -0.2) is 8.42 Å². The smallest absolute Gasteiger partial charge is 0.262 e. The molecule has 1 N–H and O–H groups in total. The highest BCUT2D eigenvalue weighted by Gasteiger charge is 2.22. The van der Waals surface area contributed by atoms with Crippen LogP contribution in [-0.2, 0) is 10.0 Å². The van der Waals surface area contributed by atoms with Gasteiger partial charge in [0.2, 0.25) is 0 Å². The Bertz CT molecular complexity index is 868. The molecule has 0 saturated carbocycles. The van der Waals surface area contributed by atoms with Gasteiger partial charge in [-0.15, -0.1) is 0 Å². The number of ether oxygens (including phenoxy) is 2. The zero-order chi connectivity index (χ0) is 16.6. The van der Waals surface area contributed by atoms with Crippen LogP contribution in [0.4, 0.5) is 5.69 Å². The van der Waals surface area contributed by atoms with Gasteiger partial charge in [-0.2, -0.15) is 0 Å². The molecule has 8 heteroatoms. The normalized spacial score (nSPS) is 13.7. The standard InChI is InChI=1S/C15H13Cl2NO4S/c1-9-10(16)3-2-4-15(9)23(19,20)18-12-8-14-13(7-11(12)17)21-5-6-22-14/h2-4,7-8,18H,5-6H2,1H3. The number of sulfonamides is 1. The first kappa shape index (κ1) is 16.2. The summed E-state index contributed by atoms with van der Waals surface area (Å²) in [7, 11) is -3.83. The summed E-state index contributed by atoms with van der Waals surface area (Å²) in [6.45, 7) is 2.46. The summed E-state index contributed by atoms with van der Waals surface area (Å²) in [5.74, 6) is 0.935. The third-order valence-corrected chi connectivity index (χ3v) is 5.62. The number of rotatable bonds is 3. The van der Waals surface area contributed by atoms with E-state index in [1.165, 1.54) is 18.2 Å². The van der Waals surface area contributed by atoms with Crippen molar-refractivity contribution in [2.75, 3.05) is 17.9 Å². The highest BCUT2D eigenvalue weighted by Crippen LogP contribution is 2.39. The molecule has 0 atom stereocenters. The highest BCUT2D eigenvalue weighted by molar-refractivity contribution is 7.92. The molecular formula is C15H13Cl2NO4S. The van der Waals surface area contributed by atoms with Gasteiger partial charge in [0.15, 0.2) is 11.5 Å². The Morgan fingerprint density at radius 2 is 1.70 bits per heavy atom. The van der Waals surface area contributed by atoms with E-state index in [1.54, 1.807) is 19.1 Å². The summed E-state index contributed by atoms with van der Waals surface area (Å²) in [6, 6.07) is 7.73. The van der Waals surface area contributed by atoms with Crippen LogP contribution in [0.2, 0.25) is 10.0 Å². The van der Waals surface area contributed by atoms with Crippen LogP contribution in [0.5, 0.6) is 11.5 Å². The van der Waals surface area contributed by atoms with Crippen LogP contribution in [-0.4, -0.2) is 21.6 Å². The van der Waals surface area contributed by atoms with E-state index in [9.17, 15) is 8.42 Å². The Morgan fingerprint density at radius 1 is 1.04 bits per heavy atom. The van der Waals surface area contributed by atoms with Crippen molar-refractivity contribution < 1.29 is 17.9 Å². The molecule has 122 valence electrons. The van der Waals surface area contributed by atoms with Crippen molar-refractivity contribution in [3.63, 3.8) is 0 Å². The first-order chi connectivity index (χ1) is 10.9. The summed E-state index contributed by atoms with van der Waals surface area (Å²) in [4.78, 5) is 0.0935. The van der Waals surface area contributed by atoms with Crippen LogP contribution in [0, 0.1) is 6.92 Å².